The van der Waals surface area contributed by atoms with E-state index in [2.05, 4.69) is 27.2 Å². The summed E-state index contributed by atoms with van der Waals surface area (Å²) in [5.41, 5.74) is 2.03. The monoisotopic (exact) mass is 542 g/mol. The molecule has 3 atom stereocenters. The largest absolute Gasteiger partial charge is 0.439 e. The number of rotatable bonds is 6. The van der Waals surface area contributed by atoms with Crippen molar-refractivity contribution in [2.45, 2.75) is 35.2 Å². The SMILES string of the molecule is C=CC(=O)N1CCC[C@@H](NC(=O)C2Sc3nccc4c3C2NC(=O)N4c2ccc(Oc3ccccc3)nc2)C1. The van der Waals surface area contributed by atoms with Gasteiger partial charge in [0.15, 0.2) is 0 Å². The van der Waals surface area contributed by atoms with Crippen molar-refractivity contribution in [3.8, 4) is 11.6 Å². The molecule has 5 heterocycles. The smallest absolute Gasteiger partial charge is 0.327 e. The highest BCUT2D eigenvalue weighted by atomic mass is 32.2. The highest BCUT2D eigenvalue weighted by Gasteiger charge is 2.47. The zero-order chi connectivity index (χ0) is 26.9. The van der Waals surface area contributed by atoms with Crippen LogP contribution in [0.4, 0.5) is 16.2 Å². The predicted octanol–water partition coefficient (Wildman–Crippen LogP) is 3.94. The maximum Gasteiger partial charge on any atom is 0.327 e. The first-order valence-electron chi connectivity index (χ1n) is 12.7. The number of piperidine rings is 1. The Kier molecular flexibility index (Phi) is 6.65. The summed E-state index contributed by atoms with van der Waals surface area (Å²) in [5.74, 6) is 0.741. The van der Waals surface area contributed by atoms with Crippen molar-refractivity contribution < 1.29 is 19.1 Å². The third-order valence-corrected chi connectivity index (χ3v) is 8.25. The molecule has 0 saturated carbocycles. The fourth-order valence-electron chi connectivity index (χ4n) is 5.16. The molecule has 0 spiro atoms. The summed E-state index contributed by atoms with van der Waals surface area (Å²) in [6.07, 6.45) is 6.10. The third-order valence-electron chi connectivity index (χ3n) is 6.96. The molecule has 2 unspecified atom stereocenters. The zero-order valence-corrected chi connectivity index (χ0v) is 21.8. The number of thioether (sulfide) groups is 1. The van der Waals surface area contributed by atoms with Gasteiger partial charge in [-0.1, -0.05) is 36.5 Å². The molecule has 1 fully saturated rings. The van der Waals surface area contributed by atoms with E-state index in [1.165, 1.54) is 22.7 Å². The molecule has 6 rings (SSSR count). The van der Waals surface area contributed by atoms with Gasteiger partial charge >= 0.3 is 6.03 Å². The number of amides is 4. The Hall–Kier alpha value is -4.38. The van der Waals surface area contributed by atoms with Crippen LogP contribution >= 0.6 is 11.8 Å². The number of likely N-dealkylation sites (tertiary alicyclic amines) is 1. The quantitative estimate of drug-likeness (QED) is 0.453. The van der Waals surface area contributed by atoms with Crippen LogP contribution in [-0.2, 0) is 9.59 Å². The van der Waals surface area contributed by atoms with Gasteiger partial charge < -0.3 is 20.3 Å². The Bertz CT molecular complexity index is 1430. The fourth-order valence-corrected chi connectivity index (χ4v) is 6.40. The van der Waals surface area contributed by atoms with E-state index in [0.717, 1.165) is 18.4 Å². The minimum atomic E-state index is -0.579. The van der Waals surface area contributed by atoms with Crippen LogP contribution in [0, 0.1) is 0 Å². The molecule has 4 amide bonds. The minimum absolute atomic E-state index is 0.140. The number of aromatic nitrogens is 2. The van der Waals surface area contributed by atoms with Gasteiger partial charge in [-0.3, -0.25) is 14.5 Å². The van der Waals surface area contributed by atoms with Crippen LogP contribution in [0.2, 0.25) is 0 Å². The maximum absolute atomic E-state index is 13.4. The van der Waals surface area contributed by atoms with E-state index < -0.39 is 11.3 Å². The molecule has 0 radical (unpaired) electrons. The first-order chi connectivity index (χ1) is 19.0. The van der Waals surface area contributed by atoms with Gasteiger partial charge in [-0.2, -0.15) is 0 Å². The van der Waals surface area contributed by atoms with Crippen LogP contribution in [-0.4, -0.2) is 57.1 Å². The number of para-hydroxylation sites is 1. The van der Waals surface area contributed by atoms with E-state index in [9.17, 15) is 14.4 Å². The van der Waals surface area contributed by atoms with Crippen molar-refractivity contribution in [1.29, 1.82) is 0 Å². The molecule has 1 saturated heterocycles. The van der Waals surface area contributed by atoms with Gasteiger partial charge in [0.2, 0.25) is 17.7 Å². The molecule has 10 nitrogen and oxygen atoms in total. The number of urea groups is 1. The van der Waals surface area contributed by atoms with Gasteiger partial charge in [0.05, 0.1) is 23.6 Å². The zero-order valence-electron chi connectivity index (χ0n) is 20.9. The fraction of sp³-hybridized carbons (Fsp3) is 0.250. The maximum atomic E-state index is 13.4. The first-order valence-corrected chi connectivity index (χ1v) is 13.6. The number of benzene rings is 1. The minimum Gasteiger partial charge on any atom is -0.439 e. The van der Waals surface area contributed by atoms with E-state index in [-0.39, 0.29) is 23.9 Å². The second-order valence-electron chi connectivity index (χ2n) is 9.46. The van der Waals surface area contributed by atoms with Crippen molar-refractivity contribution in [2.24, 2.45) is 0 Å². The van der Waals surface area contributed by atoms with E-state index in [4.69, 9.17) is 4.74 Å². The summed E-state index contributed by atoms with van der Waals surface area (Å²) in [7, 11) is 0. The van der Waals surface area contributed by atoms with E-state index in [1.807, 2.05) is 30.3 Å². The third kappa shape index (κ3) is 4.81. The number of carbonyl (C=O) groups is 3. The predicted molar refractivity (Wildman–Crippen MR) is 146 cm³/mol. The lowest BCUT2D eigenvalue weighted by Gasteiger charge is -2.35. The van der Waals surface area contributed by atoms with Gasteiger partial charge in [-0.05, 0) is 43.2 Å². The van der Waals surface area contributed by atoms with Crippen molar-refractivity contribution >= 4 is 41.0 Å². The standard InChI is InChI=1S/C28H26N6O4S/c1-2-22(35)33-14-6-7-17(16-33)31-26(36)25-24-23-20(12-13-29-27(23)39-25)34(28(37)32-24)18-10-11-21(30-15-18)38-19-8-4-3-5-9-19/h2-5,8-13,15,17,24-25H,1,6-7,14,16H2,(H,31,36)(H,32,37)/t17-,24?,25?/m1/s1. The Labute approximate surface area is 229 Å². The second-order valence-corrected chi connectivity index (χ2v) is 10.6. The molecular weight excluding hydrogens is 516 g/mol. The molecule has 11 heteroatoms. The van der Waals surface area contributed by atoms with Crippen LogP contribution in [0.15, 0.2) is 78.6 Å². The summed E-state index contributed by atoms with van der Waals surface area (Å²) in [5, 5.41) is 6.22. The Morgan fingerprint density at radius 3 is 2.77 bits per heavy atom. The molecule has 0 bridgehead atoms. The second kappa shape index (κ2) is 10.4. The number of nitrogens with zero attached hydrogens (tertiary/aromatic N) is 4. The highest BCUT2D eigenvalue weighted by molar-refractivity contribution is 8.01. The summed E-state index contributed by atoms with van der Waals surface area (Å²) in [4.78, 5) is 50.9. The number of ether oxygens (including phenoxy) is 1. The summed E-state index contributed by atoms with van der Waals surface area (Å²) in [6, 6.07) is 13.5. The van der Waals surface area contributed by atoms with Gasteiger partial charge in [-0.25, -0.2) is 14.8 Å². The Balaban J connectivity index is 1.20. The average Bonchev–Trinajstić information content (AvgIpc) is 3.33. The number of hydrogen-bond donors (Lipinski definition) is 2. The Morgan fingerprint density at radius 1 is 1.15 bits per heavy atom. The Morgan fingerprint density at radius 2 is 2.00 bits per heavy atom. The molecule has 2 N–H and O–H groups in total. The average molecular weight is 543 g/mol. The lowest BCUT2D eigenvalue weighted by atomic mass is 9.99. The summed E-state index contributed by atoms with van der Waals surface area (Å²) < 4.78 is 5.78. The van der Waals surface area contributed by atoms with Gasteiger partial charge in [0, 0.05) is 37.0 Å². The molecule has 1 aromatic carbocycles. The summed E-state index contributed by atoms with van der Waals surface area (Å²) >= 11 is 1.34. The lowest BCUT2D eigenvalue weighted by Crippen LogP contribution is -2.53. The van der Waals surface area contributed by atoms with Crippen LogP contribution in [0.5, 0.6) is 11.6 Å². The molecule has 3 aromatic rings. The van der Waals surface area contributed by atoms with Crippen LogP contribution in [0.1, 0.15) is 24.4 Å². The van der Waals surface area contributed by atoms with E-state index >= 15 is 0 Å². The number of hydrogen-bond acceptors (Lipinski definition) is 7. The van der Waals surface area contributed by atoms with Crippen molar-refractivity contribution in [2.75, 3.05) is 18.0 Å². The topological polar surface area (TPSA) is 117 Å². The van der Waals surface area contributed by atoms with Crippen LogP contribution in [0.25, 0.3) is 0 Å². The van der Waals surface area contributed by atoms with E-state index in [0.29, 0.717) is 41.1 Å². The van der Waals surface area contributed by atoms with Gasteiger partial charge in [-0.15, -0.1) is 0 Å². The normalized spacial score (nSPS) is 21.5. The van der Waals surface area contributed by atoms with Crippen LogP contribution < -0.4 is 20.3 Å². The van der Waals surface area contributed by atoms with Crippen molar-refractivity contribution in [1.82, 2.24) is 25.5 Å². The first kappa shape index (κ1) is 24.9. The molecule has 3 aliphatic heterocycles. The number of nitrogens with one attached hydrogen (secondary N) is 2. The molecule has 39 heavy (non-hydrogen) atoms. The van der Waals surface area contributed by atoms with Crippen molar-refractivity contribution in [3.63, 3.8) is 0 Å². The number of anilines is 2. The lowest BCUT2D eigenvalue weighted by molar-refractivity contribution is -0.129. The van der Waals surface area contributed by atoms with Gasteiger partial charge in [0.25, 0.3) is 0 Å². The number of carbonyl (C=O) groups excluding carboxylic acids is 3. The summed E-state index contributed by atoms with van der Waals surface area (Å²) in [6.45, 7) is 4.64. The molecule has 3 aliphatic rings. The molecular formula is C28H26N6O4S. The highest BCUT2D eigenvalue weighted by Crippen LogP contribution is 2.50. The van der Waals surface area contributed by atoms with Crippen LogP contribution in [0.3, 0.4) is 0 Å². The van der Waals surface area contributed by atoms with Crippen molar-refractivity contribution in [3.05, 3.63) is 79.1 Å². The number of pyridine rings is 2. The molecule has 0 aliphatic carbocycles. The molecule has 2 aromatic heterocycles. The van der Waals surface area contributed by atoms with E-state index in [1.54, 1.807) is 35.5 Å². The molecule has 198 valence electrons. The van der Waals surface area contributed by atoms with Gasteiger partial charge in [0.1, 0.15) is 16.0 Å².